The highest BCUT2D eigenvalue weighted by atomic mass is 19.4. The van der Waals surface area contributed by atoms with E-state index in [0.29, 0.717) is 22.4 Å². The second-order valence-electron chi connectivity index (χ2n) is 6.97. The molecule has 0 saturated heterocycles. The molecule has 3 nitrogen and oxygen atoms in total. The van der Waals surface area contributed by atoms with Crippen LogP contribution in [0.15, 0.2) is 78.9 Å². The van der Waals surface area contributed by atoms with Gasteiger partial charge < -0.3 is 4.74 Å². The predicted molar refractivity (Wildman–Crippen MR) is 116 cm³/mol. The van der Waals surface area contributed by atoms with Crippen LogP contribution in [0.5, 0.6) is 5.75 Å². The van der Waals surface area contributed by atoms with E-state index in [2.05, 4.69) is 10.9 Å². The van der Waals surface area contributed by atoms with Crippen molar-refractivity contribution in [3.8, 4) is 29.2 Å². The van der Waals surface area contributed by atoms with Crippen molar-refractivity contribution in [2.24, 2.45) is 0 Å². The largest absolute Gasteiger partial charge is 0.481 e. The summed E-state index contributed by atoms with van der Waals surface area (Å²) in [6.07, 6.45) is 0.609. The first kappa shape index (κ1) is 21.1. The lowest BCUT2D eigenvalue weighted by Crippen LogP contribution is -2.10. The Bertz CT molecular complexity index is 1340. The molecule has 0 aliphatic rings. The van der Waals surface area contributed by atoms with Crippen molar-refractivity contribution in [1.29, 1.82) is 0 Å². The fourth-order valence-corrected chi connectivity index (χ4v) is 3.45. The number of benzene rings is 3. The maximum Gasteiger partial charge on any atom is 0.418 e. The zero-order valence-corrected chi connectivity index (χ0v) is 16.7. The number of nitrogens with zero attached hydrogens (tertiary/aromatic N) is 1. The summed E-state index contributed by atoms with van der Waals surface area (Å²) >= 11 is 0. The third-order valence-corrected chi connectivity index (χ3v) is 4.88. The number of pyridine rings is 1. The molecule has 0 saturated carbocycles. The Balaban J connectivity index is 1.98. The van der Waals surface area contributed by atoms with Crippen LogP contribution in [0.25, 0.3) is 22.0 Å². The Kier molecular flexibility index (Phi) is 5.65. The summed E-state index contributed by atoms with van der Waals surface area (Å²) in [6.45, 7) is 0.0521. The molecule has 0 N–H and O–H groups in total. The number of rotatable bonds is 5. The van der Waals surface area contributed by atoms with Crippen molar-refractivity contribution in [3.63, 3.8) is 0 Å². The lowest BCUT2D eigenvalue weighted by atomic mass is 9.96. The molecule has 32 heavy (non-hydrogen) atoms. The van der Waals surface area contributed by atoms with Gasteiger partial charge in [0.05, 0.1) is 11.1 Å². The number of hydrogen-bond donors (Lipinski definition) is 0. The average Bonchev–Trinajstić information content (AvgIpc) is 2.81. The minimum absolute atomic E-state index is 0.0521. The topological polar surface area (TPSA) is 39.2 Å². The maximum absolute atomic E-state index is 13.7. The Hall–Kier alpha value is -4.11. The van der Waals surface area contributed by atoms with E-state index in [1.165, 1.54) is 12.1 Å². The number of halogens is 3. The molecule has 0 atom stereocenters. The zero-order chi connectivity index (χ0) is 22.7. The highest BCUT2D eigenvalue weighted by molar-refractivity contribution is 6.10. The van der Waals surface area contributed by atoms with E-state index in [9.17, 15) is 18.0 Å². The van der Waals surface area contributed by atoms with Crippen LogP contribution in [-0.4, -0.2) is 17.4 Å². The number of para-hydroxylation sites is 1. The van der Waals surface area contributed by atoms with E-state index in [-0.39, 0.29) is 23.2 Å². The predicted octanol–water partition coefficient (Wildman–Crippen LogP) is 6.16. The fourth-order valence-electron chi connectivity index (χ4n) is 3.45. The molecule has 4 rings (SSSR count). The normalized spacial score (nSPS) is 11.2. The molecule has 1 heterocycles. The molecule has 158 valence electrons. The van der Waals surface area contributed by atoms with E-state index in [1.807, 2.05) is 0 Å². The van der Waals surface area contributed by atoms with Gasteiger partial charge in [-0.2, -0.15) is 13.2 Å². The second kappa shape index (κ2) is 8.56. The summed E-state index contributed by atoms with van der Waals surface area (Å²) in [5, 5.41) is 0.276. The number of terminal acetylenes is 1. The highest BCUT2D eigenvalue weighted by Gasteiger charge is 2.34. The second-order valence-corrected chi connectivity index (χ2v) is 6.97. The van der Waals surface area contributed by atoms with E-state index >= 15 is 0 Å². The molecule has 0 bridgehead atoms. The lowest BCUT2D eigenvalue weighted by Gasteiger charge is -2.15. The number of hydrogen-bond acceptors (Lipinski definition) is 3. The summed E-state index contributed by atoms with van der Waals surface area (Å²) in [7, 11) is 0. The monoisotopic (exact) mass is 431 g/mol. The molecule has 0 fully saturated rings. The van der Waals surface area contributed by atoms with Crippen LogP contribution in [0.4, 0.5) is 13.2 Å². The van der Waals surface area contributed by atoms with Gasteiger partial charge in [0.25, 0.3) is 0 Å². The van der Waals surface area contributed by atoms with Crippen LogP contribution >= 0.6 is 0 Å². The van der Waals surface area contributed by atoms with Gasteiger partial charge in [-0.15, -0.1) is 6.42 Å². The van der Waals surface area contributed by atoms with Crippen molar-refractivity contribution in [3.05, 3.63) is 95.7 Å². The third-order valence-electron chi connectivity index (χ3n) is 4.88. The molecule has 0 radical (unpaired) electrons. The van der Waals surface area contributed by atoms with Gasteiger partial charge in [0.2, 0.25) is 5.78 Å². The number of carbonyl (C=O) groups is 1. The summed E-state index contributed by atoms with van der Waals surface area (Å²) in [5.74, 6) is 2.37. The number of carbonyl (C=O) groups excluding carboxylic acids is 1. The summed E-state index contributed by atoms with van der Waals surface area (Å²) in [6, 6.07) is 20.5. The van der Waals surface area contributed by atoms with Crippen LogP contribution in [-0.2, 0) is 6.18 Å². The van der Waals surface area contributed by atoms with Crippen molar-refractivity contribution < 1.29 is 22.7 Å². The molecule has 0 spiro atoms. The average molecular weight is 431 g/mol. The molecule has 0 unspecified atom stereocenters. The van der Waals surface area contributed by atoms with E-state index in [1.54, 1.807) is 60.7 Å². The molecule has 0 aliphatic carbocycles. The van der Waals surface area contributed by atoms with Gasteiger partial charge in [-0.1, -0.05) is 60.5 Å². The first-order valence-electron chi connectivity index (χ1n) is 9.66. The fraction of sp³-hybridized carbons (Fsp3) is 0.0769. The van der Waals surface area contributed by atoms with Crippen molar-refractivity contribution in [2.45, 2.75) is 6.18 Å². The molecule has 0 amide bonds. The summed E-state index contributed by atoms with van der Waals surface area (Å²) in [4.78, 5) is 17.2. The number of ether oxygens (including phenoxy) is 1. The van der Waals surface area contributed by atoms with E-state index < -0.39 is 17.5 Å². The number of ketones is 1. The Labute approximate surface area is 182 Å². The minimum Gasteiger partial charge on any atom is -0.481 e. The third kappa shape index (κ3) is 4.19. The standard InChI is InChI=1S/C26H16F3NO2/c1-2-14-32-19-11-6-10-18(15-19)21-16-23(25(31)17-8-4-3-5-9-17)30-24-20(21)12-7-13-22(24)26(27,28)29/h1,3-13,15-16H,14H2. The highest BCUT2D eigenvalue weighted by Crippen LogP contribution is 2.38. The summed E-state index contributed by atoms with van der Waals surface area (Å²) in [5.41, 5.74) is 0.0802. The molecule has 0 aliphatic heterocycles. The van der Waals surface area contributed by atoms with Crippen LogP contribution in [0.2, 0.25) is 0 Å². The van der Waals surface area contributed by atoms with Gasteiger partial charge in [-0.05, 0) is 35.4 Å². The van der Waals surface area contributed by atoms with Gasteiger partial charge in [-0.25, -0.2) is 4.98 Å². The van der Waals surface area contributed by atoms with Crippen molar-refractivity contribution in [2.75, 3.05) is 6.61 Å². The van der Waals surface area contributed by atoms with Gasteiger partial charge in [0.15, 0.2) is 0 Å². The summed E-state index contributed by atoms with van der Waals surface area (Å²) < 4.78 is 46.7. The van der Waals surface area contributed by atoms with Crippen LogP contribution < -0.4 is 4.74 Å². The molecular formula is C26H16F3NO2. The smallest absolute Gasteiger partial charge is 0.418 e. The Morgan fingerprint density at radius 2 is 1.72 bits per heavy atom. The number of aromatic nitrogens is 1. The first-order valence-corrected chi connectivity index (χ1v) is 9.66. The molecule has 6 heteroatoms. The molecule has 3 aromatic carbocycles. The van der Waals surface area contributed by atoms with Crippen LogP contribution in [0, 0.1) is 12.3 Å². The van der Waals surface area contributed by atoms with Gasteiger partial charge in [-0.3, -0.25) is 4.79 Å². The van der Waals surface area contributed by atoms with Crippen molar-refractivity contribution in [1.82, 2.24) is 4.98 Å². The van der Waals surface area contributed by atoms with Gasteiger partial charge >= 0.3 is 6.18 Å². The quantitative estimate of drug-likeness (QED) is 0.281. The Morgan fingerprint density at radius 1 is 0.969 bits per heavy atom. The lowest BCUT2D eigenvalue weighted by molar-refractivity contribution is -0.136. The molecule has 1 aromatic heterocycles. The van der Waals surface area contributed by atoms with Gasteiger partial charge in [0.1, 0.15) is 18.1 Å². The Morgan fingerprint density at radius 3 is 2.44 bits per heavy atom. The number of alkyl halides is 3. The van der Waals surface area contributed by atoms with Crippen molar-refractivity contribution >= 4 is 16.7 Å². The first-order chi connectivity index (χ1) is 15.4. The SMILES string of the molecule is C#CCOc1cccc(-c2cc(C(=O)c3ccccc3)nc3c(C(F)(F)F)cccc23)c1. The number of fused-ring (bicyclic) bond motifs is 1. The van der Waals surface area contributed by atoms with Crippen LogP contribution in [0.1, 0.15) is 21.6 Å². The zero-order valence-electron chi connectivity index (χ0n) is 16.7. The molecular weight excluding hydrogens is 415 g/mol. The van der Waals surface area contributed by atoms with Gasteiger partial charge in [0, 0.05) is 10.9 Å². The van der Waals surface area contributed by atoms with E-state index in [4.69, 9.17) is 11.2 Å². The van der Waals surface area contributed by atoms with Crippen LogP contribution in [0.3, 0.4) is 0 Å². The molecule has 4 aromatic rings. The maximum atomic E-state index is 13.7. The van der Waals surface area contributed by atoms with E-state index in [0.717, 1.165) is 6.07 Å². The minimum atomic E-state index is -4.63.